The third-order valence-electron chi connectivity index (χ3n) is 4.54. The number of nitrogens with zero attached hydrogens (tertiary/aromatic N) is 1. The van der Waals surface area contributed by atoms with Gasteiger partial charge in [0.25, 0.3) is 5.91 Å². The molecule has 0 atom stereocenters. The van der Waals surface area contributed by atoms with E-state index >= 15 is 0 Å². The van der Waals surface area contributed by atoms with Gasteiger partial charge in [0.15, 0.2) is 0 Å². The van der Waals surface area contributed by atoms with Crippen molar-refractivity contribution in [1.29, 1.82) is 5.26 Å². The first-order valence-electron chi connectivity index (χ1n) is 9.08. The number of carbonyl (C=O) groups excluding carboxylic acids is 1. The minimum Gasteiger partial charge on any atom is -0.321 e. The van der Waals surface area contributed by atoms with Crippen molar-refractivity contribution in [2.75, 3.05) is 5.32 Å². The smallest absolute Gasteiger partial charge is 0.266 e. The molecule has 0 aromatic heterocycles. The number of nitriles is 1. The third-order valence-corrected chi connectivity index (χ3v) is 5.50. The Morgan fingerprint density at radius 1 is 1.00 bits per heavy atom. The Morgan fingerprint density at radius 3 is 2.43 bits per heavy atom. The Labute approximate surface area is 190 Å². The SMILES string of the molecule is Cc1ccc(Cl)cc1NC(=O)/C(C#N)=C/c1ccc(Cc2ccccc2Cl)c(Cl)c1. The maximum Gasteiger partial charge on any atom is 0.266 e. The molecule has 3 rings (SSSR count). The Hall–Kier alpha value is -2.77. The molecular formula is C24H17Cl3N2O. The number of amides is 1. The Bertz CT molecular complexity index is 1180. The van der Waals surface area contributed by atoms with E-state index in [1.807, 2.05) is 49.4 Å². The Morgan fingerprint density at radius 2 is 1.73 bits per heavy atom. The van der Waals surface area contributed by atoms with Gasteiger partial charge < -0.3 is 5.32 Å². The molecule has 0 aliphatic carbocycles. The molecule has 3 aromatic rings. The fourth-order valence-electron chi connectivity index (χ4n) is 2.88. The van der Waals surface area contributed by atoms with E-state index in [2.05, 4.69) is 5.32 Å². The zero-order chi connectivity index (χ0) is 21.7. The van der Waals surface area contributed by atoms with Gasteiger partial charge in [-0.3, -0.25) is 4.79 Å². The molecule has 1 amide bonds. The topological polar surface area (TPSA) is 52.9 Å². The largest absolute Gasteiger partial charge is 0.321 e. The zero-order valence-electron chi connectivity index (χ0n) is 16.0. The molecule has 0 spiro atoms. The quantitative estimate of drug-likeness (QED) is 0.330. The zero-order valence-corrected chi connectivity index (χ0v) is 18.3. The van der Waals surface area contributed by atoms with Crippen LogP contribution in [-0.2, 0) is 11.2 Å². The van der Waals surface area contributed by atoms with Crippen molar-refractivity contribution < 1.29 is 4.79 Å². The molecule has 0 heterocycles. The normalized spacial score (nSPS) is 11.1. The second kappa shape index (κ2) is 9.82. The lowest BCUT2D eigenvalue weighted by Gasteiger charge is -2.09. The van der Waals surface area contributed by atoms with Crippen LogP contribution in [0.5, 0.6) is 0 Å². The second-order valence-electron chi connectivity index (χ2n) is 6.70. The molecule has 3 aromatic carbocycles. The van der Waals surface area contributed by atoms with Crippen LogP contribution < -0.4 is 5.32 Å². The van der Waals surface area contributed by atoms with Crippen molar-refractivity contribution in [2.45, 2.75) is 13.3 Å². The predicted molar refractivity (Wildman–Crippen MR) is 124 cm³/mol. The van der Waals surface area contributed by atoms with E-state index in [-0.39, 0.29) is 5.57 Å². The third kappa shape index (κ3) is 5.43. The lowest BCUT2D eigenvalue weighted by Crippen LogP contribution is -2.14. The van der Waals surface area contributed by atoms with Gasteiger partial charge in [-0.05, 0) is 59.5 Å². The maximum absolute atomic E-state index is 12.5. The van der Waals surface area contributed by atoms with Crippen molar-refractivity contribution in [3.05, 3.63) is 104 Å². The molecule has 0 radical (unpaired) electrons. The standard InChI is InChI=1S/C24H17Cl3N2O/c1-15-6-9-20(25)13-23(15)29-24(30)19(14-28)10-16-7-8-18(22(27)11-16)12-17-4-2-3-5-21(17)26/h2-11,13H,12H2,1H3,(H,29,30)/b19-10+. The molecule has 0 unspecified atom stereocenters. The van der Waals surface area contributed by atoms with Crippen LogP contribution >= 0.6 is 34.8 Å². The van der Waals surface area contributed by atoms with E-state index in [9.17, 15) is 10.1 Å². The number of rotatable bonds is 5. The van der Waals surface area contributed by atoms with E-state index in [1.165, 1.54) is 6.08 Å². The van der Waals surface area contributed by atoms with Gasteiger partial charge in [-0.2, -0.15) is 5.26 Å². The van der Waals surface area contributed by atoms with E-state index in [4.69, 9.17) is 34.8 Å². The Kier molecular flexibility index (Phi) is 7.18. The summed E-state index contributed by atoms with van der Waals surface area (Å²) in [5.74, 6) is -0.515. The van der Waals surface area contributed by atoms with Crippen LogP contribution in [0.25, 0.3) is 6.08 Å². The first kappa shape index (κ1) is 21.9. The minimum absolute atomic E-state index is 0.0377. The fourth-order valence-corrected chi connectivity index (χ4v) is 3.51. The van der Waals surface area contributed by atoms with Crippen molar-refractivity contribution in [1.82, 2.24) is 0 Å². The summed E-state index contributed by atoms with van der Waals surface area (Å²) in [5.41, 5.74) is 3.89. The predicted octanol–water partition coefficient (Wildman–Crippen LogP) is 7.09. The first-order valence-corrected chi connectivity index (χ1v) is 10.2. The van der Waals surface area contributed by atoms with Crippen molar-refractivity contribution in [3.8, 4) is 6.07 Å². The van der Waals surface area contributed by atoms with Gasteiger partial charge in [0.05, 0.1) is 0 Å². The minimum atomic E-state index is -0.515. The summed E-state index contributed by atoms with van der Waals surface area (Å²) in [7, 11) is 0. The van der Waals surface area contributed by atoms with Gasteiger partial charge in [0, 0.05) is 27.2 Å². The van der Waals surface area contributed by atoms with Crippen molar-refractivity contribution >= 4 is 52.5 Å². The summed E-state index contributed by atoms with van der Waals surface area (Å²) in [4.78, 5) is 12.5. The molecule has 0 aliphatic heterocycles. The summed E-state index contributed by atoms with van der Waals surface area (Å²) < 4.78 is 0. The maximum atomic E-state index is 12.5. The van der Waals surface area contributed by atoms with Gasteiger partial charge in [0.1, 0.15) is 11.6 Å². The highest BCUT2D eigenvalue weighted by Gasteiger charge is 2.12. The number of carbonyl (C=O) groups is 1. The lowest BCUT2D eigenvalue weighted by atomic mass is 10.0. The summed E-state index contributed by atoms with van der Waals surface area (Å²) in [6.07, 6.45) is 2.09. The van der Waals surface area contributed by atoms with Crippen LogP contribution in [-0.4, -0.2) is 5.91 Å². The number of hydrogen-bond donors (Lipinski definition) is 1. The lowest BCUT2D eigenvalue weighted by molar-refractivity contribution is -0.112. The highest BCUT2D eigenvalue weighted by atomic mass is 35.5. The molecule has 30 heavy (non-hydrogen) atoms. The molecule has 0 fully saturated rings. The van der Waals surface area contributed by atoms with Gasteiger partial charge in [-0.25, -0.2) is 0 Å². The summed E-state index contributed by atoms with van der Waals surface area (Å²) in [6, 6.07) is 20.1. The molecule has 6 heteroatoms. The fraction of sp³-hybridized carbons (Fsp3) is 0.0833. The van der Waals surface area contributed by atoms with Gasteiger partial charge in [0.2, 0.25) is 0 Å². The molecule has 0 aliphatic rings. The van der Waals surface area contributed by atoms with Crippen LogP contribution in [0.4, 0.5) is 5.69 Å². The highest BCUT2D eigenvalue weighted by molar-refractivity contribution is 6.32. The average molecular weight is 456 g/mol. The van der Waals surface area contributed by atoms with E-state index in [0.29, 0.717) is 32.7 Å². The second-order valence-corrected chi connectivity index (χ2v) is 7.95. The molecule has 0 saturated heterocycles. The van der Waals surface area contributed by atoms with E-state index in [0.717, 1.165) is 16.7 Å². The monoisotopic (exact) mass is 454 g/mol. The van der Waals surface area contributed by atoms with Gasteiger partial charge >= 0.3 is 0 Å². The van der Waals surface area contributed by atoms with Gasteiger partial charge in [-0.1, -0.05) is 71.2 Å². The molecule has 1 N–H and O–H groups in total. The number of hydrogen-bond acceptors (Lipinski definition) is 2. The van der Waals surface area contributed by atoms with Crippen LogP contribution in [0.15, 0.2) is 66.2 Å². The molecule has 0 saturated carbocycles. The van der Waals surface area contributed by atoms with Crippen LogP contribution in [0.1, 0.15) is 22.3 Å². The van der Waals surface area contributed by atoms with E-state index < -0.39 is 5.91 Å². The number of benzene rings is 3. The molecular weight excluding hydrogens is 439 g/mol. The van der Waals surface area contributed by atoms with Crippen molar-refractivity contribution in [3.63, 3.8) is 0 Å². The van der Waals surface area contributed by atoms with Gasteiger partial charge in [-0.15, -0.1) is 0 Å². The van der Waals surface area contributed by atoms with Crippen LogP contribution in [0.3, 0.4) is 0 Å². The molecule has 150 valence electrons. The number of anilines is 1. The van der Waals surface area contributed by atoms with E-state index in [1.54, 1.807) is 24.3 Å². The van der Waals surface area contributed by atoms with Crippen LogP contribution in [0, 0.1) is 18.3 Å². The summed E-state index contributed by atoms with van der Waals surface area (Å²) >= 11 is 18.7. The summed E-state index contributed by atoms with van der Waals surface area (Å²) in [5, 5.41) is 13.9. The Balaban J connectivity index is 1.81. The van der Waals surface area contributed by atoms with Crippen LogP contribution in [0.2, 0.25) is 15.1 Å². The average Bonchev–Trinajstić information content (AvgIpc) is 2.72. The first-order chi connectivity index (χ1) is 14.4. The summed E-state index contributed by atoms with van der Waals surface area (Å²) in [6.45, 7) is 1.85. The number of nitrogens with one attached hydrogen (secondary N) is 1. The number of aryl methyl sites for hydroxylation is 1. The van der Waals surface area contributed by atoms with Crippen molar-refractivity contribution in [2.24, 2.45) is 0 Å². The molecule has 0 bridgehead atoms. The highest BCUT2D eigenvalue weighted by Crippen LogP contribution is 2.26. The molecule has 3 nitrogen and oxygen atoms in total. The number of halogens is 3.